The topological polar surface area (TPSA) is 26.3 Å². The van der Waals surface area contributed by atoms with Crippen LogP contribution < -0.4 is 0 Å². The maximum atomic E-state index is 13.1. The molecule has 1 rings (SSSR count). The second kappa shape index (κ2) is 4.74. The van der Waals surface area contributed by atoms with Crippen molar-refractivity contribution >= 4 is 5.97 Å². The van der Waals surface area contributed by atoms with Crippen molar-refractivity contribution in [1.29, 1.82) is 0 Å². The van der Waals surface area contributed by atoms with Crippen LogP contribution in [0.4, 0.5) is 4.39 Å². The largest absolute Gasteiger partial charge is 0.462 e. The molecule has 0 aliphatic heterocycles. The fourth-order valence-corrected chi connectivity index (χ4v) is 1.24. The molecule has 0 aromatic heterocycles. The minimum Gasteiger partial charge on any atom is -0.462 e. The molecule has 0 spiro atoms. The predicted octanol–water partition coefficient (Wildman–Crippen LogP) is 2.89. The molecule has 1 aromatic carbocycles. The molecule has 0 radical (unpaired) electrons. The Morgan fingerprint density at radius 1 is 1.50 bits per heavy atom. The molecule has 1 unspecified atom stereocenters. The van der Waals surface area contributed by atoms with E-state index in [0.29, 0.717) is 17.7 Å². The minimum absolute atomic E-state index is 0.299. The monoisotopic (exact) mass is 196 g/mol. The zero-order chi connectivity index (χ0) is 10.6. The third-order valence-electron chi connectivity index (χ3n) is 1.88. The molecule has 3 heteroatoms. The third-order valence-corrected chi connectivity index (χ3v) is 1.88. The summed E-state index contributed by atoms with van der Waals surface area (Å²) in [5, 5.41) is 0. The van der Waals surface area contributed by atoms with E-state index in [9.17, 15) is 9.18 Å². The molecule has 0 saturated heterocycles. The van der Waals surface area contributed by atoms with Crippen LogP contribution in [0, 0.1) is 0 Å². The molecule has 1 atom stereocenters. The van der Waals surface area contributed by atoms with E-state index in [0.717, 1.165) is 0 Å². The first-order valence-electron chi connectivity index (χ1n) is 4.57. The van der Waals surface area contributed by atoms with E-state index in [1.54, 1.807) is 31.2 Å². The molecule has 0 bridgehead atoms. The lowest BCUT2D eigenvalue weighted by Gasteiger charge is -2.08. The van der Waals surface area contributed by atoms with Crippen LogP contribution in [0.25, 0.3) is 0 Å². The first-order chi connectivity index (χ1) is 6.66. The second-order valence-electron chi connectivity index (χ2n) is 2.92. The van der Waals surface area contributed by atoms with Gasteiger partial charge in [-0.05, 0) is 19.9 Å². The molecular weight excluding hydrogens is 183 g/mol. The Bertz CT molecular complexity index is 321. The highest BCUT2D eigenvalue weighted by Crippen LogP contribution is 2.21. The van der Waals surface area contributed by atoms with Gasteiger partial charge in [0.25, 0.3) is 0 Å². The van der Waals surface area contributed by atoms with Gasteiger partial charge in [-0.25, -0.2) is 9.18 Å². The Labute approximate surface area is 82.7 Å². The summed E-state index contributed by atoms with van der Waals surface area (Å²) in [7, 11) is 0. The second-order valence-corrected chi connectivity index (χ2v) is 2.92. The normalized spacial score (nSPS) is 12.2. The number of hydrogen-bond donors (Lipinski definition) is 0. The van der Waals surface area contributed by atoms with E-state index >= 15 is 0 Å². The molecular formula is C11H13FO2. The van der Waals surface area contributed by atoms with E-state index in [4.69, 9.17) is 4.74 Å². The van der Waals surface area contributed by atoms with Crippen molar-refractivity contribution in [3.63, 3.8) is 0 Å². The van der Waals surface area contributed by atoms with Gasteiger partial charge in [0.05, 0.1) is 12.2 Å². The summed E-state index contributed by atoms with van der Waals surface area (Å²) in [6, 6.07) is 6.56. The minimum atomic E-state index is -1.16. The number of halogens is 1. The molecule has 0 aliphatic rings. The number of carbonyl (C=O) groups excluding carboxylic acids is 1. The van der Waals surface area contributed by atoms with Crippen LogP contribution in [-0.4, -0.2) is 12.6 Å². The van der Waals surface area contributed by atoms with Crippen LogP contribution in [0.15, 0.2) is 24.3 Å². The number of rotatable bonds is 3. The highest BCUT2D eigenvalue weighted by atomic mass is 19.1. The zero-order valence-corrected chi connectivity index (χ0v) is 8.29. The van der Waals surface area contributed by atoms with Gasteiger partial charge in [-0.1, -0.05) is 18.2 Å². The summed E-state index contributed by atoms with van der Waals surface area (Å²) in [5.74, 6) is -0.465. The van der Waals surface area contributed by atoms with Crippen LogP contribution in [0.5, 0.6) is 0 Å². The maximum Gasteiger partial charge on any atom is 0.338 e. The highest BCUT2D eigenvalue weighted by molar-refractivity contribution is 5.91. The van der Waals surface area contributed by atoms with Gasteiger partial charge in [-0.15, -0.1) is 0 Å². The number of benzene rings is 1. The molecule has 2 nitrogen and oxygen atoms in total. The van der Waals surface area contributed by atoms with Crippen LogP contribution in [-0.2, 0) is 4.74 Å². The molecule has 76 valence electrons. The Kier molecular flexibility index (Phi) is 3.63. The quantitative estimate of drug-likeness (QED) is 0.695. The van der Waals surface area contributed by atoms with E-state index in [1.807, 2.05) is 0 Å². The van der Waals surface area contributed by atoms with Crippen molar-refractivity contribution < 1.29 is 13.9 Å². The Morgan fingerprint density at radius 3 is 2.71 bits per heavy atom. The summed E-state index contributed by atoms with van der Waals surface area (Å²) in [5.41, 5.74) is 0.690. The fourth-order valence-electron chi connectivity index (χ4n) is 1.24. The smallest absolute Gasteiger partial charge is 0.338 e. The van der Waals surface area contributed by atoms with Crippen molar-refractivity contribution in [3.8, 4) is 0 Å². The lowest BCUT2D eigenvalue weighted by molar-refractivity contribution is 0.0523. The summed E-state index contributed by atoms with van der Waals surface area (Å²) in [4.78, 5) is 11.4. The van der Waals surface area contributed by atoms with Gasteiger partial charge in [-0.2, -0.15) is 0 Å². The van der Waals surface area contributed by atoms with Crippen molar-refractivity contribution in [2.75, 3.05) is 6.61 Å². The molecule has 0 N–H and O–H groups in total. The Hall–Kier alpha value is -1.38. The van der Waals surface area contributed by atoms with Crippen molar-refractivity contribution in [2.24, 2.45) is 0 Å². The molecule has 0 amide bonds. The van der Waals surface area contributed by atoms with Crippen molar-refractivity contribution in [2.45, 2.75) is 20.0 Å². The lowest BCUT2D eigenvalue weighted by Crippen LogP contribution is -2.08. The first kappa shape index (κ1) is 10.7. The maximum absolute atomic E-state index is 13.1. The zero-order valence-electron chi connectivity index (χ0n) is 8.29. The van der Waals surface area contributed by atoms with Gasteiger partial charge in [0, 0.05) is 5.56 Å². The number of ether oxygens (including phenoxy) is 1. The number of esters is 1. The standard InChI is InChI=1S/C11H13FO2/c1-3-14-11(13)10-7-5-4-6-9(10)8(2)12/h4-8H,3H2,1-2H3. The van der Waals surface area contributed by atoms with Gasteiger partial charge in [0.1, 0.15) is 6.17 Å². The summed E-state index contributed by atoms with van der Waals surface area (Å²) >= 11 is 0. The van der Waals surface area contributed by atoms with Gasteiger partial charge in [-0.3, -0.25) is 0 Å². The number of carbonyl (C=O) groups is 1. The molecule has 0 heterocycles. The van der Waals surface area contributed by atoms with E-state index in [2.05, 4.69) is 0 Å². The summed E-state index contributed by atoms with van der Waals surface area (Å²) in [6.07, 6.45) is -1.16. The van der Waals surface area contributed by atoms with Gasteiger partial charge < -0.3 is 4.74 Å². The van der Waals surface area contributed by atoms with Gasteiger partial charge in [0.2, 0.25) is 0 Å². The number of alkyl halides is 1. The third kappa shape index (κ3) is 2.31. The van der Waals surface area contributed by atoms with Crippen molar-refractivity contribution in [3.05, 3.63) is 35.4 Å². The predicted molar refractivity (Wildman–Crippen MR) is 51.9 cm³/mol. The Balaban J connectivity index is 3.00. The average molecular weight is 196 g/mol. The van der Waals surface area contributed by atoms with Gasteiger partial charge >= 0.3 is 5.97 Å². The molecule has 1 aromatic rings. The highest BCUT2D eigenvalue weighted by Gasteiger charge is 2.15. The van der Waals surface area contributed by atoms with Crippen LogP contribution in [0.1, 0.15) is 35.9 Å². The SMILES string of the molecule is CCOC(=O)c1ccccc1C(C)F. The molecule has 0 fully saturated rings. The van der Waals surface area contributed by atoms with E-state index in [-0.39, 0.29) is 0 Å². The lowest BCUT2D eigenvalue weighted by atomic mass is 10.0. The summed E-state index contributed by atoms with van der Waals surface area (Å²) < 4.78 is 17.9. The Morgan fingerprint density at radius 2 is 2.14 bits per heavy atom. The van der Waals surface area contributed by atoms with E-state index < -0.39 is 12.1 Å². The summed E-state index contributed by atoms with van der Waals surface area (Å²) in [6.45, 7) is 3.42. The first-order valence-corrected chi connectivity index (χ1v) is 4.57. The van der Waals surface area contributed by atoms with Crippen molar-refractivity contribution in [1.82, 2.24) is 0 Å². The molecule has 14 heavy (non-hydrogen) atoms. The van der Waals surface area contributed by atoms with Gasteiger partial charge in [0.15, 0.2) is 0 Å². The van der Waals surface area contributed by atoms with Crippen LogP contribution >= 0.6 is 0 Å². The van der Waals surface area contributed by atoms with E-state index in [1.165, 1.54) is 6.92 Å². The molecule has 0 saturated carbocycles. The molecule has 0 aliphatic carbocycles. The number of hydrogen-bond acceptors (Lipinski definition) is 2. The fraction of sp³-hybridized carbons (Fsp3) is 0.364. The average Bonchev–Trinajstić information content (AvgIpc) is 2.18. The van der Waals surface area contributed by atoms with Crippen LogP contribution in [0.3, 0.4) is 0 Å². The van der Waals surface area contributed by atoms with Crippen LogP contribution in [0.2, 0.25) is 0 Å².